The molecule has 1 aromatic rings. The SMILES string of the molecule is O=C(Cl)C(=NNc1ccc(Cl)cc1)C(=O)Cl. The first-order valence-electron chi connectivity index (χ1n) is 3.99. The topological polar surface area (TPSA) is 58.5 Å². The fraction of sp³-hybridized carbons (Fsp3) is 0. The van der Waals surface area contributed by atoms with Gasteiger partial charge in [0.15, 0.2) is 0 Å². The Kier molecular flexibility index (Phi) is 4.73. The zero-order valence-electron chi connectivity index (χ0n) is 7.71. The van der Waals surface area contributed by atoms with E-state index in [1.54, 1.807) is 24.3 Å². The number of carbonyl (C=O) groups excluding carboxylic acids is 2. The van der Waals surface area contributed by atoms with Crippen LogP contribution < -0.4 is 5.43 Å². The second kappa shape index (κ2) is 5.84. The maximum atomic E-state index is 10.7. The van der Waals surface area contributed by atoms with E-state index in [4.69, 9.17) is 34.8 Å². The lowest BCUT2D eigenvalue weighted by Gasteiger charge is -2.00. The van der Waals surface area contributed by atoms with Crippen LogP contribution >= 0.6 is 34.8 Å². The Hall–Kier alpha value is -1.10. The van der Waals surface area contributed by atoms with Crippen molar-refractivity contribution in [2.45, 2.75) is 0 Å². The maximum absolute atomic E-state index is 10.7. The van der Waals surface area contributed by atoms with Crippen molar-refractivity contribution in [3.05, 3.63) is 29.3 Å². The van der Waals surface area contributed by atoms with Crippen LogP contribution in [0.1, 0.15) is 0 Å². The van der Waals surface area contributed by atoms with Crippen LogP contribution in [0.3, 0.4) is 0 Å². The fourth-order valence-corrected chi connectivity index (χ4v) is 1.24. The van der Waals surface area contributed by atoms with E-state index in [2.05, 4.69) is 10.5 Å². The molecule has 0 amide bonds. The third-order valence-electron chi connectivity index (χ3n) is 1.51. The summed E-state index contributed by atoms with van der Waals surface area (Å²) in [6, 6.07) is 6.45. The molecule has 0 radical (unpaired) electrons. The molecule has 0 aliphatic heterocycles. The van der Waals surface area contributed by atoms with Gasteiger partial charge in [0.05, 0.1) is 5.69 Å². The molecule has 1 N–H and O–H groups in total. The van der Waals surface area contributed by atoms with Gasteiger partial charge in [-0.25, -0.2) is 0 Å². The molecular weight excluding hydrogens is 274 g/mol. The Labute approximate surface area is 106 Å². The minimum Gasteiger partial charge on any atom is -0.278 e. The number of nitrogens with one attached hydrogen (secondary N) is 1. The molecular formula is C9H5Cl3N2O2. The molecule has 0 atom stereocenters. The number of benzene rings is 1. The quantitative estimate of drug-likeness (QED) is 0.399. The van der Waals surface area contributed by atoms with Gasteiger partial charge in [0.25, 0.3) is 10.5 Å². The Morgan fingerprint density at radius 3 is 2.00 bits per heavy atom. The minimum atomic E-state index is -1.03. The predicted molar refractivity (Wildman–Crippen MR) is 64.2 cm³/mol. The smallest absolute Gasteiger partial charge is 0.277 e. The maximum Gasteiger partial charge on any atom is 0.277 e. The molecule has 0 aliphatic carbocycles. The van der Waals surface area contributed by atoms with Gasteiger partial charge in [-0.1, -0.05) is 11.6 Å². The number of rotatable bonds is 4. The van der Waals surface area contributed by atoms with Crippen molar-refractivity contribution in [1.82, 2.24) is 0 Å². The normalized spacial score (nSPS) is 9.44. The summed E-state index contributed by atoms with van der Waals surface area (Å²) < 4.78 is 0. The van der Waals surface area contributed by atoms with Gasteiger partial charge in [-0.05, 0) is 47.5 Å². The number of carbonyl (C=O) groups is 2. The van der Waals surface area contributed by atoms with E-state index in [0.717, 1.165) is 0 Å². The van der Waals surface area contributed by atoms with Crippen molar-refractivity contribution >= 4 is 56.7 Å². The van der Waals surface area contributed by atoms with Crippen molar-refractivity contribution in [3.8, 4) is 0 Å². The summed E-state index contributed by atoms with van der Waals surface area (Å²) >= 11 is 15.8. The summed E-state index contributed by atoms with van der Waals surface area (Å²) in [5.74, 6) is 0. The highest BCUT2D eigenvalue weighted by atomic mass is 35.5. The number of hydrogen-bond acceptors (Lipinski definition) is 4. The fourth-order valence-electron chi connectivity index (χ4n) is 0.810. The first-order chi connectivity index (χ1) is 7.50. The number of halogens is 3. The molecule has 0 saturated carbocycles. The Morgan fingerprint density at radius 1 is 1.06 bits per heavy atom. The van der Waals surface area contributed by atoms with Gasteiger partial charge in [-0.15, -0.1) is 0 Å². The molecule has 84 valence electrons. The van der Waals surface area contributed by atoms with Crippen LogP contribution in [-0.2, 0) is 9.59 Å². The van der Waals surface area contributed by atoms with Crippen LogP contribution in [0, 0.1) is 0 Å². The van der Waals surface area contributed by atoms with Gasteiger partial charge in [-0.3, -0.25) is 15.0 Å². The highest BCUT2D eigenvalue weighted by Gasteiger charge is 2.15. The minimum absolute atomic E-state index is 0.540. The molecule has 4 nitrogen and oxygen atoms in total. The van der Waals surface area contributed by atoms with Gasteiger partial charge >= 0.3 is 0 Å². The number of hydrogen-bond donors (Lipinski definition) is 1. The first kappa shape index (κ1) is 13.0. The van der Waals surface area contributed by atoms with E-state index in [-0.39, 0.29) is 0 Å². The molecule has 0 fully saturated rings. The molecule has 16 heavy (non-hydrogen) atoms. The third kappa shape index (κ3) is 3.81. The summed E-state index contributed by atoms with van der Waals surface area (Å²) in [6.07, 6.45) is 0. The molecule has 0 spiro atoms. The van der Waals surface area contributed by atoms with Crippen molar-refractivity contribution in [3.63, 3.8) is 0 Å². The monoisotopic (exact) mass is 278 g/mol. The van der Waals surface area contributed by atoms with Gasteiger partial charge < -0.3 is 0 Å². The highest BCUT2D eigenvalue weighted by molar-refractivity contribution is 7.01. The van der Waals surface area contributed by atoms with Crippen LogP contribution in [0.4, 0.5) is 5.69 Å². The average molecular weight is 280 g/mol. The Balaban J connectivity index is 2.81. The molecule has 1 rings (SSSR count). The van der Waals surface area contributed by atoms with Crippen LogP contribution in [0.2, 0.25) is 5.02 Å². The van der Waals surface area contributed by atoms with Crippen LogP contribution in [0.5, 0.6) is 0 Å². The van der Waals surface area contributed by atoms with Gasteiger partial charge in [0, 0.05) is 5.02 Å². The van der Waals surface area contributed by atoms with Gasteiger partial charge in [0.2, 0.25) is 5.71 Å². The summed E-state index contributed by atoms with van der Waals surface area (Å²) in [7, 11) is 0. The number of nitrogens with zero attached hydrogens (tertiary/aromatic N) is 1. The Morgan fingerprint density at radius 2 is 1.56 bits per heavy atom. The zero-order valence-corrected chi connectivity index (χ0v) is 9.97. The van der Waals surface area contributed by atoms with Gasteiger partial charge in [-0.2, -0.15) is 5.10 Å². The highest BCUT2D eigenvalue weighted by Crippen LogP contribution is 2.13. The van der Waals surface area contributed by atoms with Crippen molar-refractivity contribution in [2.24, 2.45) is 5.10 Å². The Bertz CT molecular complexity index is 427. The van der Waals surface area contributed by atoms with E-state index in [1.165, 1.54) is 0 Å². The molecule has 1 aromatic carbocycles. The predicted octanol–water partition coefficient (Wildman–Crippen LogP) is 2.64. The van der Waals surface area contributed by atoms with E-state index in [1.807, 2.05) is 0 Å². The van der Waals surface area contributed by atoms with Crippen molar-refractivity contribution < 1.29 is 9.59 Å². The van der Waals surface area contributed by atoms with E-state index < -0.39 is 16.2 Å². The lowest BCUT2D eigenvalue weighted by molar-refractivity contribution is -0.109. The lowest BCUT2D eigenvalue weighted by Crippen LogP contribution is -2.17. The third-order valence-corrected chi connectivity index (χ3v) is 2.12. The summed E-state index contributed by atoms with van der Waals surface area (Å²) in [4.78, 5) is 21.5. The molecule has 0 heterocycles. The van der Waals surface area contributed by atoms with Crippen LogP contribution in [0.15, 0.2) is 29.4 Å². The second-order valence-electron chi connectivity index (χ2n) is 2.63. The number of hydrazone groups is 1. The summed E-state index contributed by atoms with van der Waals surface area (Å²) in [5.41, 5.74) is 2.42. The molecule has 7 heteroatoms. The zero-order chi connectivity index (χ0) is 12.1. The second-order valence-corrected chi connectivity index (χ2v) is 3.75. The van der Waals surface area contributed by atoms with Gasteiger partial charge in [0.1, 0.15) is 0 Å². The average Bonchev–Trinajstić information content (AvgIpc) is 2.20. The molecule has 0 saturated heterocycles. The summed E-state index contributed by atoms with van der Waals surface area (Å²) in [6.45, 7) is 0. The molecule has 0 unspecified atom stereocenters. The molecule has 0 aromatic heterocycles. The molecule has 0 aliphatic rings. The van der Waals surface area contributed by atoms with Crippen LogP contribution in [0.25, 0.3) is 0 Å². The largest absolute Gasteiger partial charge is 0.278 e. The van der Waals surface area contributed by atoms with Crippen molar-refractivity contribution in [1.29, 1.82) is 0 Å². The molecule has 0 bridgehead atoms. The van der Waals surface area contributed by atoms with E-state index >= 15 is 0 Å². The summed E-state index contributed by atoms with van der Waals surface area (Å²) in [5, 5.41) is 1.98. The number of anilines is 1. The van der Waals surface area contributed by atoms with E-state index in [9.17, 15) is 9.59 Å². The standard InChI is InChI=1S/C9H5Cl3N2O2/c10-5-1-3-6(4-2-5)13-14-7(8(11)15)9(12)16/h1-4,13H. The van der Waals surface area contributed by atoms with Crippen LogP contribution in [-0.4, -0.2) is 16.2 Å². The first-order valence-corrected chi connectivity index (χ1v) is 5.13. The van der Waals surface area contributed by atoms with Crippen molar-refractivity contribution in [2.75, 3.05) is 5.43 Å². The lowest BCUT2D eigenvalue weighted by atomic mass is 10.3. The van der Waals surface area contributed by atoms with E-state index in [0.29, 0.717) is 10.7 Å².